The van der Waals surface area contributed by atoms with E-state index in [2.05, 4.69) is 9.47 Å². The van der Waals surface area contributed by atoms with Crippen molar-refractivity contribution in [3.8, 4) is 0 Å². The van der Waals surface area contributed by atoms with Crippen LogP contribution in [0.15, 0.2) is 0 Å². The molecule has 0 rings (SSSR count). The van der Waals surface area contributed by atoms with Crippen molar-refractivity contribution in [1.29, 1.82) is 0 Å². The van der Waals surface area contributed by atoms with Gasteiger partial charge in [0.05, 0.1) is 13.2 Å². The highest BCUT2D eigenvalue weighted by Crippen LogP contribution is 1.83. The lowest BCUT2D eigenvalue weighted by atomic mass is 10.4. The Morgan fingerprint density at radius 1 is 1.08 bits per heavy atom. The summed E-state index contributed by atoms with van der Waals surface area (Å²) in [7, 11) is 0. The van der Waals surface area contributed by atoms with Crippen molar-refractivity contribution in [2.24, 2.45) is 0 Å². The van der Waals surface area contributed by atoms with Crippen LogP contribution in [0.4, 0.5) is 0 Å². The van der Waals surface area contributed by atoms with Gasteiger partial charge in [0.2, 0.25) is 0 Å². The third-order valence-corrected chi connectivity index (χ3v) is 0.918. The third-order valence-electron chi connectivity index (χ3n) is 0.918. The van der Waals surface area contributed by atoms with E-state index >= 15 is 0 Å². The fourth-order valence-corrected chi connectivity index (χ4v) is 0.344. The Morgan fingerprint density at radius 2 is 1.67 bits per heavy atom. The highest BCUT2D eigenvalue weighted by Gasteiger charge is 1.78. The normalized spacial score (nSPS) is 7.50. The molecular formula is C8H16O4. The van der Waals surface area contributed by atoms with Crippen molar-refractivity contribution in [1.82, 2.24) is 0 Å². The lowest BCUT2D eigenvalue weighted by Gasteiger charge is -1.90. The van der Waals surface area contributed by atoms with Gasteiger partial charge in [-0.1, -0.05) is 13.3 Å². The molecule has 0 unspecified atom stereocenters. The summed E-state index contributed by atoms with van der Waals surface area (Å²) in [6, 6.07) is 0. The molecule has 0 amide bonds. The Bertz CT molecular complexity index is 93.1. The van der Waals surface area contributed by atoms with Gasteiger partial charge in [-0.25, -0.2) is 0 Å². The minimum Gasteiger partial charge on any atom is -0.468 e. The van der Waals surface area contributed by atoms with E-state index in [0.717, 1.165) is 12.8 Å². The Morgan fingerprint density at radius 3 is 1.92 bits per heavy atom. The first kappa shape index (κ1) is 13.5. The summed E-state index contributed by atoms with van der Waals surface area (Å²) in [6.07, 6.45) is 2.05. The van der Waals surface area contributed by atoms with Crippen LogP contribution < -0.4 is 0 Å². The summed E-state index contributed by atoms with van der Waals surface area (Å²) in [6.45, 7) is 5.77. The van der Waals surface area contributed by atoms with Gasteiger partial charge in [-0.3, -0.25) is 9.59 Å². The molecule has 0 saturated heterocycles. The van der Waals surface area contributed by atoms with Crippen LogP contribution in [0.1, 0.15) is 26.7 Å². The second-order valence-corrected chi connectivity index (χ2v) is 1.87. The standard InChI is InChI=1S/C5H10O2.C3H6O2/c1-2-3-4-7-5-6;1-2-5-3-4/h5H,2-4H2,1H3;3H,2H2,1H3. The van der Waals surface area contributed by atoms with Crippen molar-refractivity contribution in [3.63, 3.8) is 0 Å². The van der Waals surface area contributed by atoms with Gasteiger partial charge in [-0.05, 0) is 13.3 Å². The number of carbonyl (C=O) groups is 2. The first-order chi connectivity index (χ1) is 5.83. The molecule has 4 nitrogen and oxygen atoms in total. The molecule has 4 heteroatoms. The molecule has 0 radical (unpaired) electrons. The van der Waals surface area contributed by atoms with E-state index in [1.165, 1.54) is 0 Å². The van der Waals surface area contributed by atoms with Crippen LogP contribution in [0.5, 0.6) is 0 Å². The molecule has 0 aromatic heterocycles. The maximum absolute atomic E-state index is 9.46. The molecular weight excluding hydrogens is 160 g/mol. The number of ether oxygens (including phenoxy) is 2. The fourth-order valence-electron chi connectivity index (χ4n) is 0.344. The first-order valence-electron chi connectivity index (χ1n) is 3.93. The van der Waals surface area contributed by atoms with Crippen LogP contribution in [0.25, 0.3) is 0 Å². The average molecular weight is 176 g/mol. The molecule has 0 aromatic rings. The molecule has 0 aliphatic rings. The largest absolute Gasteiger partial charge is 0.468 e. The molecule has 0 aliphatic heterocycles. The van der Waals surface area contributed by atoms with Gasteiger partial charge < -0.3 is 9.47 Å². The molecule has 0 bridgehead atoms. The highest BCUT2D eigenvalue weighted by atomic mass is 16.5. The Hall–Kier alpha value is -1.06. The second kappa shape index (κ2) is 16.5. The summed E-state index contributed by atoms with van der Waals surface area (Å²) < 4.78 is 8.55. The number of hydrogen-bond donors (Lipinski definition) is 0. The van der Waals surface area contributed by atoms with Crippen LogP contribution in [0, 0.1) is 0 Å². The summed E-state index contributed by atoms with van der Waals surface area (Å²) in [5, 5.41) is 0. The molecule has 0 aromatic carbocycles. The zero-order chi connectivity index (χ0) is 9.66. The predicted octanol–water partition coefficient (Wildman–Crippen LogP) is 1.14. The molecule has 0 spiro atoms. The van der Waals surface area contributed by atoms with Crippen molar-refractivity contribution in [3.05, 3.63) is 0 Å². The van der Waals surface area contributed by atoms with E-state index < -0.39 is 0 Å². The number of hydrogen-bond acceptors (Lipinski definition) is 4. The van der Waals surface area contributed by atoms with E-state index in [9.17, 15) is 9.59 Å². The third kappa shape index (κ3) is 23.1. The fraction of sp³-hybridized carbons (Fsp3) is 0.750. The van der Waals surface area contributed by atoms with Crippen molar-refractivity contribution < 1.29 is 19.1 Å². The van der Waals surface area contributed by atoms with E-state index in [1.54, 1.807) is 6.92 Å². The minimum atomic E-state index is 0.431. The quantitative estimate of drug-likeness (QED) is 0.450. The van der Waals surface area contributed by atoms with Crippen molar-refractivity contribution in [2.45, 2.75) is 26.7 Å². The maximum atomic E-state index is 9.46. The molecule has 0 heterocycles. The van der Waals surface area contributed by atoms with Gasteiger partial charge in [0.15, 0.2) is 0 Å². The molecule has 72 valence electrons. The SMILES string of the molecule is CCCCOC=O.CCOC=O. The van der Waals surface area contributed by atoms with Crippen molar-refractivity contribution >= 4 is 12.9 Å². The van der Waals surface area contributed by atoms with Crippen LogP contribution in [0.2, 0.25) is 0 Å². The monoisotopic (exact) mass is 176 g/mol. The van der Waals surface area contributed by atoms with Crippen LogP contribution >= 0.6 is 0 Å². The zero-order valence-corrected chi connectivity index (χ0v) is 7.62. The Labute approximate surface area is 72.8 Å². The first-order valence-corrected chi connectivity index (χ1v) is 3.93. The van der Waals surface area contributed by atoms with E-state index in [0.29, 0.717) is 26.2 Å². The summed E-state index contributed by atoms with van der Waals surface area (Å²) in [5.74, 6) is 0. The van der Waals surface area contributed by atoms with E-state index in [-0.39, 0.29) is 0 Å². The maximum Gasteiger partial charge on any atom is 0.293 e. The van der Waals surface area contributed by atoms with Gasteiger partial charge in [0.1, 0.15) is 0 Å². The smallest absolute Gasteiger partial charge is 0.293 e. The number of unbranched alkanes of at least 4 members (excludes halogenated alkanes) is 1. The lowest BCUT2D eigenvalue weighted by Crippen LogP contribution is -1.88. The highest BCUT2D eigenvalue weighted by molar-refractivity contribution is 5.36. The topological polar surface area (TPSA) is 52.6 Å². The van der Waals surface area contributed by atoms with Crippen LogP contribution in [-0.2, 0) is 19.1 Å². The number of carbonyl (C=O) groups excluding carboxylic acids is 2. The van der Waals surface area contributed by atoms with Crippen LogP contribution in [-0.4, -0.2) is 26.2 Å². The lowest BCUT2D eigenvalue weighted by molar-refractivity contribution is -0.129. The second-order valence-electron chi connectivity index (χ2n) is 1.87. The van der Waals surface area contributed by atoms with Gasteiger partial charge in [0.25, 0.3) is 12.9 Å². The molecule has 0 saturated carbocycles. The summed E-state index contributed by atoms with van der Waals surface area (Å²) in [5.41, 5.74) is 0. The van der Waals surface area contributed by atoms with Crippen molar-refractivity contribution in [2.75, 3.05) is 13.2 Å². The summed E-state index contributed by atoms with van der Waals surface area (Å²) in [4.78, 5) is 18.6. The van der Waals surface area contributed by atoms with E-state index in [1.807, 2.05) is 6.92 Å². The molecule has 0 atom stereocenters. The minimum absolute atomic E-state index is 0.431. The number of rotatable bonds is 6. The molecule has 12 heavy (non-hydrogen) atoms. The Kier molecular flexibility index (Phi) is 18.6. The van der Waals surface area contributed by atoms with Gasteiger partial charge in [0, 0.05) is 0 Å². The predicted molar refractivity (Wildman–Crippen MR) is 44.6 cm³/mol. The molecule has 0 N–H and O–H groups in total. The van der Waals surface area contributed by atoms with E-state index in [4.69, 9.17) is 0 Å². The van der Waals surface area contributed by atoms with Gasteiger partial charge in [-0.2, -0.15) is 0 Å². The van der Waals surface area contributed by atoms with Crippen LogP contribution in [0.3, 0.4) is 0 Å². The van der Waals surface area contributed by atoms with Gasteiger partial charge >= 0.3 is 0 Å². The molecule has 0 fully saturated rings. The zero-order valence-electron chi connectivity index (χ0n) is 7.62. The summed E-state index contributed by atoms with van der Waals surface area (Å²) >= 11 is 0. The Balaban J connectivity index is 0. The average Bonchev–Trinajstić information content (AvgIpc) is 2.08. The molecule has 0 aliphatic carbocycles. The van der Waals surface area contributed by atoms with Gasteiger partial charge in [-0.15, -0.1) is 0 Å².